The van der Waals surface area contributed by atoms with E-state index in [1.54, 1.807) is 18.3 Å². The van der Waals surface area contributed by atoms with Gasteiger partial charge in [-0.05, 0) is 12.1 Å². The maximum atomic E-state index is 11.2. The Balaban J connectivity index is 2.32. The molecule has 5 heteroatoms. The van der Waals surface area contributed by atoms with Gasteiger partial charge < -0.3 is 0 Å². The summed E-state index contributed by atoms with van der Waals surface area (Å²) in [6, 6.07) is 8.62. The molecule has 14 heavy (non-hydrogen) atoms. The Morgan fingerprint density at radius 3 is 2.71 bits per heavy atom. The molecule has 72 valence electrons. The second-order valence-corrected chi connectivity index (χ2v) is 3.13. The molecule has 2 aromatic rings. The van der Waals surface area contributed by atoms with Crippen LogP contribution in [0.3, 0.4) is 0 Å². The Morgan fingerprint density at radius 1 is 1.29 bits per heavy atom. The van der Waals surface area contributed by atoms with Crippen molar-refractivity contribution in [1.82, 2.24) is 9.89 Å². The fraction of sp³-hybridized carbons (Fsp3) is 0. The molecule has 1 aromatic carbocycles. The van der Waals surface area contributed by atoms with E-state index in [-0.39, 0.29) is 5.56 Å². The highest BCUT2D eigenvalue weighted by atomic mass is 35.5. The Bertz CT molecular complexity index is 489. The first-order valence-electron chi connectivity index (χ1n) is 4.05. The molecule has 2 rings (SSSR count). The summed E-state index contributed by atoms with van der Waals surface area (Å²) in [6.45, 7) is 0. The lowest BCUT2D eigenvalue weighted by Gasteiger charge is -2.06. The van der Waals surface area contributed by atoms with Crippen molar-refractivity contribution in [3.8, 4) is 0 Å². The highest BCUT2D eigenvalue weighted by Gasteiger charge is 1.99. The van der Waals surface area contributed by atoms with Crippen LogP contribution >= 0.6 is 11.6 Å². The summed E-state index contributed by atoms with van der Waals surface area (Å²) >= 11 is 5.90. The van der Waals surface area contributed by atoms with Crippen molar-refractivity contribution in [2.75, 3.05) is 5.43 Å². The average Bonchev–Trinajstić information content (AvgIpc) is 2.56. The molecule has 4 nitrogen and oxygen atoms in total. The fourth-order valence-electron chi connectivity index (χ4n) is 1.08. The van der Waals surface area contributed by atoms with Gasteiger partial charge in [-0.2, -0.15) is 4.79 Å². The molecule has 1 heterocycles. The summed E-state index contributed by atoms with van der Waals surface area (Å²) in [5, 5.41) is 3.28. The summed E-state index contributed by atoms with van der Waals surface area (Å²) in [7, 11) is 0. The molecule has 1 aromatic heterocycles. The maximum Gasteiger partial charge on any atom is 0.285 e. The van der Waals surface area contributed by atoms with Crippen LogP contribution < -0.4 is 11.0 Å². The number of hydrogen-bond donors (Lipinski definition) is 2. The van der Waals surface area contributed by atoms with Gasteiger partial charge >= 0.3 is 0 Å². The second kappa shape index (κ2) is 3.59. The van der Waals surface area contributed by atoms with Crippen molar-refractivity contribution in [1.29, 1.82) is 0 Å². The first kappa shape index (κ1) is 8.90. The van der Waals surface area contributed by atoms with Gasteiger partial charge in [0, 0.05) is 12.3 Å². The molecular weight excluding hydrogens is 202 g/mol. The first-order chi connectivity index (χ1) is 6.77. The van der Waals surface area contributed by atoms with Crippen molar-refractivity contribution < 1.29 is 0 Å². The minimum Gasteiger partial charge on any atom is -0.284 e. The van der Waals surface area contributed by atoms with Crippen LogP contribution in [0.15, 0.2) is 41.3 Å². The van der Waals surface area contributed by atoms with Gasteiger partial charge in [-0.25, -0.2) is 0 Å². The smallest absolute Gasteiger partial charge is 0.284 e. The van der Waals surface area contributed by atoms with E-state index in [0.29, 0.717) is 10.7 Å². The maximum absolute atomic E-state index is 11.2. The minimum atomic E-state index is -0.162. The van der Waals surface area contributed by atoms with E-state index in [1.165, 1.54) is 10.9 Å². The summed E-state index contributed by atoms with van der Waals surface area (Å²) in [6.07, 6.45) is 1.55. The largest absolute Gasteiger partial charge is 0.285 e. The standard InChI is InChI=1S/C9H8ClN3O/c10-7-3-1-2-4-8(7)12-13-9(14)5-6-11-13/h1-6,11-12H. The highest BCUT2D eigenvalue weighted by molar-refractivity contribution is 6.33. The molecule has 0 aliphatic rings. The number of nitrogens with zero attached hydrogens (tertiary/aromatic N) is 1. The number of benzene rings is 1. The van der Waals surface area contributed by atoms with Crippen LogP contribution in [0, 0.1) is 0 Å². The Labute approximate surface area is 85.1 Å². The third-order valence-electron chi connectivity index (χ3n) is 1.76. The van der Waals surface area contributed by atoms with E-state index in [4.69, 9.17) is 11.6 Å². The van der Waals surface area contributed by atoms with E-state index in [1.807, 2.05) is 12.1 Å². The highest BCUT2D eigenvalue weighted by Crippen LogP contribution is 2.19. The predicted octanol–water partition coefficient (Wildman–Crippen LogP) is 1.70. The third-order valence-corrected chi connectivity index (χ3v) is 2.09. The van der Waals surface area contributed by atoms with Gasteiger partial charge in [0.2, 0.25) is 0 Å². The van der Waals surface area contributed by atoms with Gasteiger partial charge in [-0.3, -0.25) is 15.3 Å². The molecule has 0 fully saturated rings. The number of anilines is 1. The minimum absolute atomic E-state index is 0.162. The number of rotatable bonds is 2. The fourth-order valence-corrected chi connectivity index (χ4v) is 1.26. The van der Waals surface area contributed by atoms with Crippen LogP contribution in [0.2, 0.25) is 5.02 Å². The molecule has 0 atom stereocenters. The van der Waals surface area contributed by atoms with E-state index in [0.717, 1.165) is 0 Å². The molecule has 0 saturated carbocycles. The predicted molar refractivity (Wildman–Crippen MR) is 55.5 cm³/mol. The van der Waals surface area contributed by atoms with E-state index in [2.05, 4.69) is 10.5 Å². The van der Waals surface area contributed by atoms with E-state index in [9.17, 15) is 4.79 Å². The average molecular weight is 210 g/mol. The van der Waals surface area contributed by atoms with Crippen LogP contribution in [0.4, 0.5) is 5.69 Å². The van der Waals surface area contributed by atoms with Crippen LogP contribution in [0.25, 0.3) is 0 Å². The number of nitrogens with one attached hydrogen (secondary N) is 2. The Kier molecular flexibility index (Phi) is 2.28. The van der Waals surface area contributed by atoms with Gasteiger partial charge in [-0.15, -0.1) is 0 Å². The van der Waals surface area contributed by atoms with Gasteiger partial charge in [-0.1, -0.05) is 23.7 Å². The molecule has 0 amide bonds. The number of hydrogen-bond acceptors (Lipinski definition) is 2. The second-order valence-electron chi connectivity index (χ2n) is 2.73. The summed E-state index contributed by atoms with van der Waals surface area (Å²) in [5.74, 6) is 0. The Hall–Kier alpha value is -1.68. The van der Waals surface area contributed by atoms with Crippen molar-refractivity contribution in [2.24, 2.45) is 0 Å². The molecule has 0 aliphatic heterocycles. The molecule has 2 N–H and O–H groups in total. The van der Waals surface area contributed by atoms with Gasteiger partial charge in [0.1, 0.15) is 0 Å². The zero-order valence-electron chi connectivity index (χ0n) is 7.20. The summed E-state index contributed by atoms with van der Waals surface area (Å²) < 4.78 is 0. The van der Waals surface area contributed by atoms with Crippen LogP contribution in [-0.4, -0.2) is 9.89 Å². The van der Waals surface area contributed by atoms with Crippen LogP contribution in [-0.2, 0) is 0 Å². The normalized spacial score (nSPS) is 10.1. The third kappa shape index (κ3) is 1.65. The number of aromatic amines is 1. The van der Waals surface area contributed by atoms with E-state index < -0.39 is 0 Å². The number of halogens is 1. The lowest BCUT2D eigenvalue weighted by atomic mass is 10.3. The topological polar surface area (TPSA) is 49.8 Å². The number of aromatic nitrogens is 2. The Morgan fingerprint density at radius 2 is 2.07 bits per heavy atom. The monoisotopic (exact) mass is 209 g/mol. The van der Waals surface area contributed by atoms with Crippen LogP contribution in [0.1, 0.15) is 0 Å². The summed E-state index contributed by atoms with van der Waals surface area (Å²) in [5.41, 5.74) is 3.35. The van der Waals surface area contributed by atoms with Gasteiger partial charge in [0.05, 0.1) is 10.7 Å². The van der Waals surface area contributed by atoms with E-state index >= 15 is 0 Å². The zero-order valence-corrected chi connectivity index (χ0v) is 7.95. The molecule has 0 spiro atoms. The lowest BCUT2D eigenvalue weighted by molar-refractivity contribution is 0.775. The molecule has 0 bridgehead atoms. The quantitative estimate of drug-likeness (QED) is 0.791. The van der Waals surface area contributed by atoms with Crippen molar-refractivity contribution in [3.63, 3.8) is 0 Å². The zero-order chi connectivity index (χ0) is 9.97. The lowest BCUT2D eigenvalue weighted by Crippen LogP contribution is -2.23. The number of para-hydroxylation sites is 1. The molecule has 0 unspecified atom stereocenters. The van der Waals surface area contributed by atoms with Crippen molar-refractivity contribution in [3.05, 3.63) is 51.9 Å². The van der Waals surface area contributed by atoms with Crippen molar-refractivity contribution >= 4 is 17.3 Å². The molecule has 0 aliphatic carbocycles. The van der Waals surface area contributed by atoms with Crippen molar-refractivity contribution in [2.45, 2.75) is 0 Å². The number of H-pyrrole nitrogens is 1. The molecular formula is C9H8ClN3O. The first-order valence-corrected chi connectivity index (χ1v) is 4.43. The van der Waals surface area contributed by atoms with Crippen LogP contribution in [0.5, 0.6) is 0 Å². The van der Waals surface area contributed by atoms with Gasteiger partial charge in [0.25, 0.3) is 5.56 Å². The molecule has 0 radical (unpaired) electrons. The molecule has 0 saturated heterocycles. The SMILES string of the molecule is O=c1cc[nH]n1Nc1ccccc1Cl. The van der Waals surface area contributed by atoms with Gasteiger partial charge in [0.15, 0.2) is 0 Å². The summed E-state index contributed by atoms with van der Waals surface area (Å²) in [4.78, 5) is 12.4.